The number of carbonyl (C=O) groups excluding carboxylic acids is 1. The first-order valence-electron chi connectivity index (χ1n) is 5.06. The molecule has 1 aliphatic rings. The first-order valence-corrected chi connectivity index (χ1v) is 5.85. The molecule has 1 aromatic rings. The molecule has 1 saturated heterocycles. The molecule has 4 heteroatoms. The highest BCUT2D eigenvalue weighted by Gasteiger charge is 2.15. The molecule has 0 aromatic heterocycles. The van der Waals surface area contributed by atoms with Gasteiger partial charge in [0.05, 0.1) is 11.4 Å². The molecule has 0 unspecified atom stereocenters. The quantitative estimate of drug-likeness (QED) is 0.855. The fourth-order valence-corrected chi connectivity index (χ4v) is 2.26. The van der Waals surface area contributed by atoms with Gasteiger partial charge in [-0.25, -0.2) is 0 Å². The van der Waals surface area contributed by atoms with Crippen LogP contribution in [0.4, 0.5) is 11.4 Å². The van der Waals surface area contributed by atoms with Crippen LogP contribution in [-0.4, -0.2) is 19.5 Å². The molecule has 0 aliphatic carbocycles. The molecular formula is C11H13BrN2O. The molecule has 0 saturated carbocycles. The molecule has 2 rings (SSSR count). The summed E-state index contributed by atoms with van der Waals surface area (Å²) in [4.78, 5) is 12.8. The van der Waals surface area contributed by atoms with Crippen LogP contribution in [0.15, 0.2) is 22.7 Å². The van der Waals surface area contributed by atoms with Crippen LogP contribution in [0.5, 0.6) is 0 Å². The van der Waals surface area contributed by atoms with Crippen LogP contribution in [0.25, 0.3) is 0 Å². The Hall–Kier alpha value is -1.03. The van der Waals surface area contributed by atoms with Gasteiger partial charge in [-0.15, -0.1) is 0 Å². The number of carbonyl (C=O) groups is 1. The Morgan fingerprint density at radius 2 is 2.07 bits per heavy atom. The number of nitrogens with one attached hydrogen (secondary N) is 1. The van der Waals surface area contributed by atoms with E-state index in [1.165, 1.54) is 12.8 Å². The maximum absolute atomic E-state index is 10.5. The molecule has 1 amide bonds. The van der Waals surface area contributed by atoms with Gasteiger partial charge in [-0.3, -0.25) is 4.79 Å². The second-order valence-electron chi connectivity index (χ2n) is 3.62. The summed E-state index contributed by atoms with van der Waals surface area (Å²) in [5, 5.41) is 2.74. The van der Waals surface area contributed by atoms with Gasteiger partial charge in [-0.2, -0.15) is 0 Å². The summed E-state index contributed by atoms with van der Waals surface area (Å²) < 4.78 is 1.04. The predicted molar refractivity (Wildman–Crippen MR) is 65.3 cm³/mol. The molecule has 0 radical (unpaired) electrons. The molecular weight excluding hydrogens is 256 g/mol. The lowest BCUT2D eigenvalue weighted by atomic mass is 10.2. The maximum Gasteiger partial charge on any atom is 0.211 e. The van der Waals surface area contributed by atoms with E-state index < -0.39 is 0 Å². The number of amides is 1. The topological polar surface area (TPSA) is 32.3 Å². The monoisotopic (exact) mass is 268 g/mol. The summed E-state index contributed by atoms with van der Waals surface area (Å²) in [6.45, 7) is 2.15. The smallest absolute Gasteiger partial charge is 0.211 e. The van der Waals surface area contributed by atoms with E-state index >= 15 is 0 Å². The zero-order chi connectivity index (χ0) is 10.7. The number of hydrogen-bond acceptors (Lipinski definition) is 2. The van der Waals surface area contributed by atoms with E-state index in [9.17, 15) is 4.79 Å². The standard InChI is InChI=1S/C11H13BrN2O/c12-9-3-4-10(13-8-15)11(7-9)14-5-1-2-6-14/h3-4,7-8H,1-2,5-6H2,(H,13,15). The van der Waals surface area contributed by atoms with Gasteiger partial charge in [0.2, 0.25) is 6.41 Å². The van der Waals surface area contributed by atoms with Crippen molar-refractivity contribution in [2.24, 2.45) is 0 Å². The second-order valence-corrected chi connectivity index (χ2v) is 4.53. The van der Waals surface area contributed by atoms with Crippen molar-refractivity contribution < 1.29 is 4.79 Å². The Morgan fingerprint density at radius 3 is 2.73 bits per heavy atom. The highest BCUT2D eigenvalue weighted by atomic mass is 79.9. The number of rotatable bonds is 3. The third-order valence-electron chi connectivity index (χ3n) is 2.62. The Bertz CT molecular complexity index is 362. The highest BCUT2D eigenvalue weighted by Crippen LogP contribution is 2.31. The average Bonchev–Trinajstić information content (AvgIpc) is 2.74. The number of hydrogen-bond donors (Lipinski definition) is 1. The summed E-state index contributed by atoms with van der Waals surface area (Å²) in [5.41, 5.74) is 1.99. The van der Waals surface area contributed by atoms with E-state index in [0.29, 0.717) is 0 Å². The van der Waals surface area contributed by atoms with E-state index in [1.54, 1.807) is 0 Å². The van der Waals surface area contributed by atoms with E-state index in [2.05, 4.69) is 32.2 Å². The fraction of sp³-hybridized carbons (Fsp3) is 0.364. The first kappa shape index (κ1) is 10.5. The lowest BCUT2D eigenvalue weighted by Gasteiger charge is -2.21. The van der Waals surface area contributed by atoms with Crippen molar-refractivity contribution in [1.82, 2.24) is 0 Å². The summed E-state index contributed by atoms with van der Waals surface area (Å²) in [5.74, 6) is 0. The van der Waals surface area contributed by atoms with Crippen LogP contribution < -0.4 is 10.2 Å². The van der Waals surface area contributed by atoms with Crippen LogP contribution in [-0.2, 0) is 4.79 Å². The van der Waals surface area contributed by atoms with Gasteiger partial charge in [0.15, 0.2) is 0 Å². The minimum Gasteiger partial charge on any atom is -0.370 e. The zero-order valence-electron chi connectivity index (χ0n) is 8.37. The Balaban J connectivity index is 2.32. The molecule has 3 nitrogen and oxygen atoms in total. The minimum absolute atomic E-state index is 0.725. The summed E-state index contributed by atoms with van der Waals surface area (Å²) >= 11 is 3.45. The fourth-order valence-electron chi connectivity index (χ4n) is 1.91. The molecule has 1 heterocycles. The predicted octanol–water partition coefficient (Wildman–Crippen LogP) is 2.62. The van der Waals surface area contributed by atoms with Crippen LogP contribution in [0.2, 0.25) is 0 Å². The van der Waals surface area contributed by atoms with Gasteiger partial charge in [-0.1, -0.05) is 15.9 Å². The number of benzene rings is 1. The first-order chi connectivity index (χ1) is 7.31. The van der Waals surface area contributed by atoms with Gasteiger partial charge in [0.1, 0.15) is 0 Å². The third kappa shape index (κ3) is 2.31. The van der Waals surface area contributed by atoms with E-state index in [4.69, 9.17) is 0 Å². The SMILES string of the molecule is O=CNc1ccc(Br)cc1N1CCCC1. The Morgan fingerprint density at radius 1 is 1.33 bits per heavy atom. The van der Waals surface area contributed by atoms with Gasteiger partial charge < -0.3 is 10.2 Å². The molecule has 80 valence electrons. The van der Waals surface area contributed by atoms with Crippen molar-refractivity contribution in [3.8, 4) is 0 Å². The zero-order valence-corrected chi connectivity index (χ0v) is 9.96. The molecule has 15 heavy (non-hydrogen) atoms. The molecule has 1 aromatic carbocycles. The van der Waals surface area contributed by atoms with Gasteiger partial charge >= 0.3 is 0 Å². The third-order valence-corrected chi connectivity index (χ3v) is 3.11. The summed E-state index contributed by atoms with van der Waals surface area (Å²) in [6, 6.07) is 5.91. The Kier molecular flexibility index (Phi) is 3.26. The van der Waals surface area contributed by atoms with Crippen molar-refractivity contribution in [2.75, 3.05) is 23.3 Å². The van der Waals surface area contributed by atoms with Crippen molar-refractivity contribution >= 4 is 33.7 Å². The van der Waals surface area contributed by atoms with Crippen LogP contribution in [0, 0.1) is 0 Å². The van der Waals surface area contributed by atoms with E-state index in [-0.39, 0.29) is 0 Å². The normalized spacial score (nSPS) is 15.4. The largest absolute Gasteiger partial charge is 0.370 e. The van der Waals surface area contributed by atoms with Crippen molar-refractivity contribution in [1.29, 1.82) is 0 Å². The highest BCUT2D eigenvalue weighted by molar-refractivity contribution is 9.10. The average molecular weight is 269 g/mol. The lowest BCUT2D eigenvalue weighted by molar-refractivity contribution is -0.105. The van der Waals surface area contributed by atoms with Crippen LogP contribution in [0.1, 0.15) is 12.8 Å². The number of halogens is 1. The van der Waals surface area contributed by atoms with Crippen molar-refractivity contribution in [2.45, 2.75) is 12.8 Å². The molecule has 0 spiro atoms. The van der Waals surface area contributed by atoms with Crippen LogP contribution >= 0.6 is 15.9 Å². The van der Waals surface area contributed by atoms with Crippen molar-refractivity contribution in [3.63, 3.8) is 0 Å². The molecule has 1 fully saturated rings. The van der Waals surface area contributed by atoms with Gasteiger partial charge in [0, 0.05) is 17.6 Å². The summed E-state index contributed by atoms with van der Waals surface area (Å²) in [7, 11) is 0. The number of nitrogens with zero attached hydrogens (tertiary/aromatic N) is 1. The molecule has 1 N–H and O–H groups in total. The maximum atomic E-state index is 10.5. The Labute approximate surface area is 97.6 Å². The number of anilines is 2. The van der Waals surface area contributed by atoms with Gasteiger partial charge in [0.25, 0.3) is 0 Å². The molecule has 0 bridgehead atoms. The lowest BCUT2D eigenvalue weighted by Crippen LogP contribution is -2.19. The van der Waals surface area contributed by atoms with Crippen LogP contribution in [0.3, 0.4) is 0 Å². The second kappa shape index (κ2) is 4.66. The minimum atomic E-state index is 0.725. The summed E-state index contributed by atoms with van der Waals surface area (Å²) in [6.07, 6.45) is 3.18. The van der Waals surface area contributed by atoms with E-state index in [0.717, 1.165) is 35.3 Å². The molecule has 0 atom stereocenters. The van der Waals surface area contributed by atoms with Gasteiger partial charge in [-0.05, 0) is 31.0 Å². The van der Waals surface area contributed by atoms with E-state index in [1.807, 2.05) is 12.1 Å². The van der Waals surface area contributed by atoms with Crippen molar-refractivity contribution in [3.05, 3.63) is 22.7 Å². The molecule has 1 aliphatic heterocycles.